The number of carbonyl (C=O) groups is 1. The molecule has 0 aromatic heterocycles. The number of unbranched alkanes of at least 4 members (excludes halogenated alkanes) is 7. The minimum Gasteiger partial charge on any atom is -0.481 e. The Morgan fingerprint density at radius 1 is 0.800 bits per heavy atom. The fraction of sp³-hybridized carbons (Fsp3) is 0.611. The second kappa shape index (κ2) is 15.7. The maximum Gasteiger partial charge on any atom is 0.303 e. The third-order valence-electron chi connectivity index (χ3n) is 3.10. The van der Waals surface area contributed by atoms with E-state index in [1.807, 2.05) is 0 Å². The predicted octanol–water partition coefficient (Wildman–Crippen LogP) is 5.66. The first-order valence-corrected chi connectivity index (χ1v) is 7.97. The van der Waals surface area contributed by atoms with E-state index in [1.165, 1.54) is 32.1 Å². The van der Waals surface area contributed by atoms with Gasteiger partial charge in [-0.15, -0.1) is 0 Å². The molecule has 0 saturated carbocycles. The molecule has 0 aromatic carbocycles. The van der Waals surface area contributed by atoms with Crippen molar-refractivity contribution in [1.82, 2.24) is 0 Å². The molecular formula is C18H30O2. The molecule has 0 aliphatic heterocycles. The van der Waals surface area contributed by atoms with E-state index < -0.39 is 5.97 Å². The summed E-state index contributed by atoms with van der Waals surface area (Å²) in [5, 5.41) is 8.50. The highest BCUT2D eigenvalue weighted by molar-refractivity contribution is 5.66. The van der Waals surface area contributed by atoms with Crippen molar-refractivity contribution < 1.29 is 9.90 Å². The molecule has 0 atom stereocenters. The Kier molecular flexibility index (Phi) is 14.7. The summed E-state index contributed by atoms with van der Waals surface area (Å²) in [5.41, 5.74) is 0. The van der Waals surface area contributed by atoms with E-state index in [4.69, 9.17) is 5.11 Å². The van der Waals surface area contributed by atoms with Crippen molar-refractivity contribution in [2.75, 3.05) is 0 Å². The Hall–Kier alpha value is -1.31. The van der Waals surface area contributed by atoms with Crippen molar-refractivity contribution in [3.63, 3.8) is 0 Å². The molecule has 0 aliphatic carbocycles. The summed E-state index contributed by atoms with van der Waals surface area (Å²) in [6.07, 6.45) is 23.4. The molecule has 0 saturated heterocycles. The molecule has 0 spiro atoms. The van der Waals surface area contributed by atoms with E-state index in [0.717, 1.165) is 25.7 Å². The Bertz CT molecular complexity index is 301. The normalized spacial score (nSPS) is 12.1. The molecule has 1 N–H and O–H groups in total. The number of hydrogen-bond donors (Lipinski definition) is 1. The molecular weight excluding hydrogens is 248 g/mol. The van der Waals surface area contributed by atoms with Crippen LogP contribution in [0.25, 0.3) is 0 Å². The van der Waals surface area contributed by atoms with Crippen LogP contribution in [0.4, 0.5) is 0 Å². The number of hydrogen-bond acceptors (Lipinski definition) is 1. The highest BCUT2D eigenvalue weighted by atomic mass is 16.4. The quantitative estimate of drug-likeness (QED) is 0.348. The summed E-state index contributed by atoms with van der Waals surface area (Å²) < 4.78 is 0. The van der Waals surface area contributed by atoms with E-state index >= 15 is 0 Å². The molecule has 0 fully saturated rings. The summed E-state index contributed by atoms with van der Waals surface area (Å²) in [7, 11) is 0. The molecule has 0 heterocycles. The summed E-state index contributed by atoms with van der Waals surface area (Å²) >= 11 is 0. The van der Waals surface area contributed by atoms with Crippen LogP contribution in [0.3, 0.4) is 0 Å². The maximum atomic E-state index is 10.3. The number of rotatable bonds is 13. The van der Waals surface area contributed by atoms with Gasteiger partial charge in [0, 0.05) is 6.42 Å². The molecule has 20 heavy (non-hydrogen) atoms. The topological polar surface area (TPSA) is 37.3 Å². The first-order chi connectivity index (χ1) is 9.77. The van der Waals surface area contributed by atoms with Gasteiger partial charge in [0.2, 0.25) is 0 Å². The first-order valence-electron chi connectivity index (χ1n) is 7.97. The molecule has 0 aromatic rings. The molecule has 0 bridgehead atoms. The average molecular weight is 278 g/mol. The standard InChI is InChI=1S/C18H30O2/c1-2-3-4-5-6-7-8-9-10-11-12-13-14-15-16-17-18(19)20/h3-8H,2,9-17H2,1H3,(H,19,20)/b4-3+,6-5+,8-7+. The molecule has 0 radical (unpaired) electrons. The smallest absolute Gasteiger partial charge is 0.303 e. The van der Waals surface area contributed by atoms with Crippen molar-refractivity contribution in [3.8, 4) is 0 Å². The zero-order chi connectivity index (χ0) is 14.9. The number of allylic oxidation sites excluding steroid dienone is 6. The van der Waals surface area contributed by atoms with E-state index in [0.29, 0.717) is 6.42 Å². The molecule has 2 nitrogen and oxygen atoms in total. The van der Waals surface area contributed by atoms with Gasteiger partial charge >= 0.3 is 5.97 Å². The van der Waals surface area contributed by atoms with Gasteiger partial charge in [0.1, 0.15) is 0 Å². The molecule has 0 amide bonds. The Morgan fingerprint density at radius 2 is 1.35 bits per heavy atom. The lowest BCUT2D eigenvalue weighted by molar-refractivity contribution is -0.137. The van der Waals surface area contributed by atoms with E-state index in [1.54, 1.807) is 0 Å². The van der Waals surface area contributed by atoms with Gasteiger partial charge in [-0.1, -0.05) is 75.5 Å². The third-order valence-corrected chi connectivity index (χ3v) is 3.10. The zero-order valence-corrected chi connectivity index (χ0v) is 12.9. The van der Waals surface area contributed by atoms with Crippen molar-refractivity contribution in [1.29, 1.82) is 0 Å². The largest absolute Gasteiger partial charge is 0.481 e. The highest BCUT2D eigenvalue weighted by Crippen LogP contribution is 2.09. The first kappa shape index (κ1) is 18.7. The number of carboxylic acid groups (broad SMARTS) is 1. The van der Waals surface area contributed by atoms with Gasteiger partial charge in [-0.3, -0.25) is 4.79 Å². The van der Waals surface area contributed by atoms with Crippen LogP contribution < -0.4 is 0 Å². The van der Waals surface area contributed by atoms with E-state index in [2.05, 4.69) is 43.4 Å². The fourth-order valence-electron chi connectivity index (χ4n) is 1.94. The van der Waals surface area contributed by atoms with Crippen molar-refractivity contribution in [2.24, 2.45) is 0 Å². The minimum atomic E-state index is -0.670. The summed E-state index contributed by atoms with van der Waals surface area (Å²) in [4.78, 5) is 10.3. The Balaban J connectivity index is 3.20. The number of aliphatic carboxylic acids is 1. The minimum absolute atomic E-state index is 0.325. The lowest BCUT2D eigenvalue weighted by atomic mass is 10.1. The van der Waals surface area contributed by atoms with E-state index in [-0.39, 0.29) is 0 Å². The van der Waals surface area contributed by atoms with Crippen LogP contribution in [-0.2, 0) is 4.79 Å². The van der Waals surface area contributed by atoms with Gasteiger partial charge < -0.3 is 5.11 Å². The summed E-state index contributed by atoms with van der Waals surface area (Å²) in [6.45, 7) is 2.13. The predicted molar refractivity (Wildman–Crippen MR) is 86.9 cm³/mol. The summed E-state index contributed by atoms with van der Waals surface area (Å²) in [6, 6.07) is 0. The number of carboxylic acids is 1. The van der Waals surface area contributed by atoms with Crippen molar-refractivity contribution in [3.05, 3.63) is 36.5 Å². The zero-order valence-electron chi connectivity index (χ0n) is 12.9. The summed E-state index contributed by atoms with van der Waals surface area (Å²) in [5.74, 6) is -0.670. The molecule has 114 valence electrons. The van der Waals surface area contributed by atoms with Crippen LogP contribution in [0.2, 0.25) is 0 Å². The molecule has 0 aliphatic rings. The Morgan fingerprint density at radius 3 is 1.95 bits per heavy atom. The van der Waals surface area contributed by atoms with Crippen LogP contribution in [0.5, 0.6) is 0 Å². The monoisotopic (exact) mass is 278 g/mol. The second-order valence-corrected chi connectivity index (χ2v) is 5.06. The van der Waals surface area contributed by atoms with Crippen molar-refractivity contribution >= 4 is 5.97 Å². The van der Waals surface area contributed by atoms with Crippen LogP contribution in [0.1, 0.15) is 71.1 Å². The van der Waals surface area contributed by atoms with Gasteiger partial charge in [-0.25, -0.2) is 0 Å². The SMILES string of the molecule is CC/C=C/C=C/C=C/CCCCCCCCCC(=O)O. The lowest BCUT2D eigenvalue weighted by Crippen LogP contribution is -1.93. The van der Waals surface area contributed by atoms with Gasteiger partial charge in [-0.05, 0) is 25.7 Å². The van der Waals surface area contributed by atoms with Gasteiger partial charge in [0.05, 0.1) is 0 Å². The fourth-order valence-corrected chi connectivity index (χ4v) is 1.94. The molecule has 0 unspecified atom stereocenters. The Labute approximate surface area is 124 Å². The highest BCUT2D eigenvalue weighted by Gasteiger charge is 1.96. The van der Waals surface area contributed by atoms with Crippen LogP contribution >= 0.6 is 0 Å². The third kappa shape index (κ3) is 16.7. The molecule has 0 rings (SSSR count). The van der Waals surface area contributed by atoms with Gasteiger partial charge in [-0.2, -0.15) is 0 Å². The van der Waals surface area contributed by atoms with Crippen molar-refractivity contribution in [2.45, 2.75) is 71.1 Å². The lowest BCUT2D eigenvalue weighted by Gasteiger charge is -1.99. The van der Waals surface area contributed by atoms with Gasteiger partial charge in [0.25, 0.3) is 0 Å². The van der Waals surface area contributed by atoms with Crippen LogP contribution in [0, 0.1) is 0 Å². The van der Waals surface area contributed by atoms with Crippen LogP contribution in [-0.4, -0.2) is 11.1 Å². The average Bonchev–Trinajstić information content (AvgIpc) is 2.43. The maximum absolute atomic E-state index is 10.3. The van der Waals surface area contributed by atoms with Gasteiger partial charge in [0.15, 0.2) is 0 Å². The van der Waals surface area contributed by atoms with Crippen LogP contribution in [0.15, 0.2) is 36.5 Å². The second-order valence-electron chi connectivity index (χ2n) is 5.06. The van der Waals surface area contributed by atoms with E-state index in [9.17, 15) is 4.79 Å². The molecule has 2 heteroatoms.